The fraction of sp³-hybridized carbons (Fsp3) is 0.759. The lowest BCUT2D eigenvalue weighted by Gasteiger charge is -2.29. The van der Waals surface area contributed by atoms with Crippen LogP contribution in [0.3, 0.4) is 0 Å². The second-order valence-corrected chi connectivity index (χ2v) is 19.9. The molecule has 0 aromatic rings. The number of aliphatic hydroxyl groups excluding tert-OH is 1. The normalized spacial score (nSPS) is 14.7. The molecule has 3 unspecified atom stereocenters. The Bertz CT molecular complexity index is 1250. The van der Waals surface area contributed by atoms with E-state index in [-0.39, 0.29) is 18.9 Å². The standard InChI is InChI=1S/C54H99N2O6P/c1-6-8-10-12-14-16-18-20-21-22-23-24-25-26-27-28-29-30-31-32-33-34-36-37-39-41-43-45-47-53(57)52(51-62-63(59,60)61-50-49-56(3,4)5)55-54(58)48-46-44-42-40-38-35-19-17-15-13-11-9-7-2/h9,11,15,17,35,37-39,42,44-45,47,52-53,57H,6-8,10,12-14,16,18-34,36,40-41,43,46,48-51H2,1-5H3,(H-,55,58,59,60)/b11-9-,17-15-,38-35-,39-37+,44-42-,47-45+. The molecule has 0 saturated heterocycles. The highest BCUT2D eigenvalue weighted by Crippen LogP contribution is 2.38. The van der Waals surface area contributed by atoms with Crippen LogP contribution < -0.4 is 10.2 Å². The quantitative estimate of drug-likeness (QED) is 0.0273. The van der Waals surface area contributed by atoms with Gasteiger partial charge in [0.05, 0.1) is 39.9 Å². The Hall–Kier alpha value is -2.06. The van der Waals surface area contributed by atoms with Crippen molar-refractivity contribution in [3.05, 3.63) is 72.9 Å². The van der Waals surface area contributed by atoms with Crippen molar-refractivity contribution in [3.8, 4) is 0 Å². The van der Waals surface area contributed by atoms with E-state index in [9.17, 15) is 19.4 Å². The van der Waals surface area contributed by atoms with Gasteiger partial charge in [-0.05, 0) is 57.8 Å². The Morgan fingerprint density at radius 1 is 0.571 bits per heavy atom. The minimum absolute atomic E-state index is 0.0220. The second-order valence-electron chi connectivity index (χ2n) is 18.5. The van der Waals surface area contributed by atoms with Crippen molar-refractivity contribution in [3.63, 3.8) is 0 Å². The zero-order valence-corrected chi connectivity index (χ0v) is 42.4. The van der Waals surface area contributed by atoms with Crippen LogP contribution in [-0.2, 0) is 18.4 Å². The first-order chi connectivity index (χ1) is 30.5. The number of amides is 1. The van der Waals surface area contributed by atoms with Crippen molar-refractivity contribution in [1.82, 2.24) is 5.32 Å². The van der Waals surface area contributed by atoms with Crippen LogP contribution in [0.2, 0.25) is 0 Å². The third-order valence-corrected chi connectivity index (χ3v) is 12.1. The van der Waals surface area contributed by atoms with E-state index in [4.69, 9.17) is 9.05 Å². The van der Waals surface area contributed by atoms with Gasteiger partial charge >= 0.3 is 0 Å². The molecular weight excluding hydrogens is 804 g/mol. The number of carbonyl (C=O) groups is 1. The molecule has 0 saturated carbocycles. The minimum atomic E-state index is -4.62. The Morgan fingerprint density at radius 3 is 1.46 bits per heavy atom. The number of hydrogen-bond donors (Lipinski definition) is 2. The van der Waals surface area contributed by atoms with E-state index in [1.807, 2.05) is 39.4 Å². The molecule has 0 fully saturated rings. The summed E-state index contributed by atoms with van der Waals surface area (Å²) in [5.74, 6) is -0.288. The Labute approximate surface area is 389 Å². The van der Waals surface area contributed by atoms with Crippen LogP contribution in [0.15, 0.2) is 72.9 Å². The molecule has 0 rings (SSSR count). The number of phosphoric ester groups is 1. The van der Waals surface area contributed by atoms with Gasteiger partial charge < -0.3 is 28.8 Å². The van der Waals surface area contributed by atoms with Crippen molar-refractivity contribution in [2.45, 2.75) is 225 Å². The third kappa shape index (κ3) is 47.7. The Morgan fingerprint density at radius 2 is 0.984 bits per heavy atom. The highest BCUT2D eigenvalue weighted by Gasteiger charge is 2.23. The molecule has 0 aliphatic rings. The van der Waals surface area contributed by atoms with Crippen molar-refractivity contribution in [2.24, 2.45) is 0 Å². The summed E-state index contributed by atoms with van der Waals surface area (Å²) in [6.45, 7) is 4.45. The van der Waals surface area contributed by atoms with Crippen molar-refractivity contribution in [1.29, 1.82) is 0 Å². The zero-order valence-electron chi connectivity index (χ0n) is 41.5. The molecule has 0 heterocycles. The fourth-order valence-corrected chi connectivity index (χ4v) is 7.84. The first-order valence-corrected chi connectivity index (χ1v) is 27.3. The van der Waals surface area contributed by atoms with Crippen molar-refractivity contribution >= 4 is 13.7 Å². The summed E-state index contributed by atoms with van der Waals surface area (Å²) in [7, 11) is 1.19. The first-order valence-electron chi connectivity index (χ1n) is 25.8. The van der Waals surface area contributed by atoms with E-state index < -0.39 is 26.6 Å². The molecule has 366 valence electrons. The van der Waals surface area contributed by atoms with Gasteiger partial charge in [0, 0.05) is 6.42 Å². The number of hydrogen-bond acceptors (Lipinski definition) is 6. The lowest BCUT2D eigenvalue weighted by Crippen LogP contribution is -2.45. The predicted molar refractivity (Wildman–Crippen MR) is 270 cm³/mol. The van der Waals surface area contributed by atoms with Gasteiger partial charge in [-0.1, -0.05) is 222 Å². The second kappa shape index (κ2) is 45.1. The van der Waals surface area contributed by atoms with Gasteiger partial charge in [-0.3, -0.25) is 9.36 Å². The van der Waals surface area contributed by atoms with Gasteiger partial charge in [-0.25, -0.2) is 0 Å². The maximum absolute atomic E-state index is 12.8. The lowest BCUT2D eigenvalue weighted by molar-refractivity contribution is -0.870. The molecule has 0 aromatic heterocycles. The first kappa shape index (κ1) is 60.9. The molecule has 63 heavy (non-hydrogen) atoms. The van der Waals surface area contributed by atoms with Gasteiger partial charge in [0.1, 0.15) is 13.2 Å². The van der Waals surface area contributed by atoms with Gasteiger partial charge in [0.25, 0.3) is 7.82 Å². The number of likely N-dealkylation sites (N-methyl/N-ethyl adjacent to an activating group) is 1. The third-order valence-electron chi connectivity index (χ3n) is 11.2. The fourth-order valence-electron chi connectivity index (χ4n) is 7.12. The van der Waals surface area contributed by atoms with Crippen LogP contribution in [0.1, 0.15) is 213 Å². The van der Waals surface area contributed by atoms with E-state index in [2.05, 4.69) is 67.8 Å². The molecule has 2 N–H and O–H groups in total. The summed E-state index contributed by atoms with van der Waals surface area (Å²) in [6, 6.07) is -0.945. The van der Waals surface area contributed by atoms with Crippen molar-refractivity contribution in [2.75, 3.05) is 40.9 Å². The number of unbranched alkanes of at least 4 members (excludes halogenated alkanes) is 23. The highest BCUT2D eigenvalue weighted by molar-refractivity contribution is 7.45. The molecule has 0 aromatic carbocycles. The molecule has 8 nitrogen and oxygen atoms in total. The summed E-state index contributed by atoms with van der Waals surface area (Å²) in [5.41, 5.74) is 0. The summed E-state index contributed by atoms with van der Waals surface area (Å²) < 4.78 is 23.2. The molecule has 0 spiro atoms. The summed E-state index contributed by atoms with van der Waals surface area (Å²) in [5, 5.41) is 13.7. The maximum Gasteiger partial charge on any atom is 0.268 e. The molecule has 9 heteroatoms. The van der Waals surface area contributed by atoms with Crippen LogP contribution >= 0.6 is 7.82 Å². The maximum atomic E-state index is 12.8. The predicted octanol–water partition coefficient (Wildman–Crippen LogP) is 14.5. The Balaban J connectivity index is 4.29. The molecule has 0 aliphatic heterocycles. The number of rotatable bonds is 46. The highest BCUT2D eigenvalue weighted by atomic mass is 31.2. The summed E-state index contributed by atoms with van der Waals surface area (Å²) in [6.07, 6.45) is 61.5. The minimum Gasteiger partial charge on any atom is -0.756 e. The van der Waals surface area contributed by atoms with Gasteiger partial charge in [0.15, 0.2) is 0 Å². The molecule has 0 bridgehead atoms. The summed E-state index contributed by atoms with van der Waals surface area (Å²) in [4.78, 5) is 25.3. The zero-order chi connectivity index (χ0) is 46.4. The molecular formula is C54H99N2O6P. The number of quaternary nitrogens is 1. The number of allylic oxidation sites excluding steroid dienone is 11. The van der Waals surface area contributed by atoms with Gasteiger partial charge in [-0.15, -0.1) is 0 Å². The molecule has 3 atom stereocenters. The average Bonchev–Trinajstić information content (AvgIpc) is 3.24. The number of nitrogens with zero attached hydrogens (tertiary/aromatic N) is 1. The summed E-state index contributed by atoms with van der Waals surface area (Å²) >= 11 is 0. The molecule has 1 amide bonds. The van der Waals surface area contributed by atoms with Crippen LogP contribution in [0.4, 0.5) is 0 Å². The van der Waals surface area contributed by atoms with Crippen molar-refractivity contribution < 1.29 is 32.9 Å². The van der Waals surface area contributed by atoms with E-state index in [0.717, 1.165) is 44.9 Å². The monoisotopic (exact) mass is 903 g/mol. The van der Waals surface area contributed by atoms with E-state index in [0.29, 0.717) is 17.4 Å². The number of carbonyl (C=O) groups excluding carboxylic acids is 1. The van der Waals surface area contributed by atoms with Gasteiger partial charge in [0.2, 0.25) is 5.91 Å². The number of nitrogens with one attached hydrogen (secondary N) is 1. The van der Waals surface area contributed by atoms with E-state index in [1.54, 1.807) is 6.08 Å². The number of phosphoric acid groups is 1. The molecule has 0 aliphatic carbocycles. The SMILES string of the molecule is CC/C=C\C/C=C\C/C=C\C/C=C\CCC(=O)NC(COP(=O)([O-])OCC[N+](C)(C)C)C(O)/C=C/CC/C=C/CCCCCCCCCCCCCCCCCCCCCCCC. The van der Waals surface area contributed by atoms with Crippen LogP contribution in [0, 0.1) is 0 Å². The van der Waals surface area contributed by atoms with E-state index >= 15 is 0 Å². The van der Waals surface area contributed by atoms with Crippen LogP contribution in [0.5, 0.6) is 0 Å². The van der Waals surface area contributed by atoms with Gasteiger partial charge in [-0.2, -0.15) is 0 Å². The largest absolute Gasteiger partial charge is 0.756 e. The number of aliphatic hydroxyl groups is 1. The topological polar surface area (TPSA) is 108 Å². The van der Waals surface area contributed by atoms with Crippen LogP contribution in [-0.4, -0.2) is 68.5 Å². The van der Waals surface area contributed by atoms with Crippen LogP contribution in [0.25, 0.3) is 0 Å². The van der Waals surface area contributed by atoms with E-state index in [1.165, 1.54) is 141 Å². The lowest BCUT2D eigenvalue weighted by atomic mass is 10.0. The molecule has 0 radical (unpaired) electrons. The average molecular weight is 903 g/mol. The Kier molecular flexibility index (Phi) is 43.6. The smallest absolute Gasteiger partial charge is 0.268 e.